The molecule has 1 aliphatic heterocycles. The lowest BCUT2D eigenvalue weighted by molar-refractivity contribution is -0.0380. The van der Waals surface area contributed by atoms with Crippen molar-refractivity contribution < 1.29 is 19.1 Å². The van der Waals surface area contributed by atoms with Crippen LogP contribution in [-0.4, -0.2) is 36.6 Å². The monoisotopic (exact) mass is 510 g/mol. The van der Waals surface area contributed by atoms with Crippen molar-refractivity contribution in [3.8, 4) is 0 Å². The molecule has 176 valence electrons. The van der Waals surface area contributed by atoms with Crippen molar-refractivity contribution in [1.82, 2.24) is 19.7 Å². The number of rotatable bonds is 4. The second-order valence-corrected chi connectivity index (χ2v) is 9.01. The zero-order valence-electron chi connectivity index (χ0n) is 18.2. The van der Waals surface area contributed by atoms with Crippen molar-refractivity contribution in [2.45, 2.75) is 12.1 Å². The Morgan fingerprint density at radius 2 is 1.77 bits per heavy atom. The minimum absolute atomic E-state index is 0.0621. The van der Waals surface area contributed by atoms with Crippen LogP contribution >= 0.6 is 23.2 Å². The van der Waals surface area contributed by atoms with Gasteiger partial charge in [-0.3, -0.25) is 19.3 Å². The van der Waals surface area contributed by atoms with Gasteiger partial charge in [0, 0.05) is 42.1 Å². The maximum Gasteiger partial charge on any atom is 0.266 e. The number of carbonyl (C=O) groups is 2. The van der Waals surface area contributed by atoms with Crippen LogP contribution in [0.15, 0.2) is 67.1 Å². The van der Waals surface area contributed by atoms with E-state index in [1.807, 2.05) is 0 Å². The highest BCUT2D eigenvalue weighted by Crippen LogP contribution is 2.45. The molecule has 1 aliphatic rings. The number of hydrogen-bond acceptors (Lipinski definition) is 5. The highest BCUT2D eigenvalue weighted by molar-refractivity contribution is 6.30. The highest BCUT2D eigenvalue weighted by Gasteiger charge is 2.55. The summed E-state index contributed by atoms with van der Waals surface area (Å²) in [5.41, 5.74) is -1.96. The van der Waals surface area contributed by atoms with E-state index >= 15 is 4.39 Å². The fourth-order valence-corrected chi connectivity index (χ4v) is 4.45. The van der Waals surface area contributed by atoms with Gasteiger partial charge in [-0.25, -0.2) is 9.29 Å². The van der Waals surface area contributed by atoms with E-state index in [0.29, 0.717) is 20.6 Å². The molecule has 10 heteroatoms. The molecule has 1 unspecified atom stereocenters. The molecule has 5 rings (SSSR count). The van der Waals surface area contributed by atoms with Gasteiger partial charge in [0.1, 0.15) is 5.82 Å². The number of aromatic nitrogens is 3. The van der Waals surface area contributed by atoms with Crippen LogP contribution in [0.1, 0.15) is 43.1 Å². The van der Waals surface area contributed by atoms with Crippen molar-refractivity contribution in [3.63, 3.8) is 0 Å². The summed E-state index contributed by atoms with van der Waals surface area (Å²) in [6.45, 7) is 0. The Hall–Kier alpha value is -3.59. The Morgan fingerprint density at radius 1 is 1.06 bits per heavy atom. The molecule has 7 nitrogen and oxygen atoms in total. The first-order valence-electron chi connectivity index (χ1n) is 10.5. The van der Waals surface area contributed by atoms with Crippen molar-refractivity contribution in [2.24, 2.45) is 7.05 Å². The number of aryl methyl sites for hydroxylation is 1. The molecule has 0 saturated carbocycles. The Balaban J connectivity index is 1.69. The minimum Gasteiger partial charge on any atom is -0.363 e. The molecule has 2 aromatic carbocycles. The highest BCUT2D eigenvalue weighted by atomic mass is 35.5. The molecule has 2 aromatic heterocycles. The molecule has 1 N–H and O–H groups in total. The first-order chi connectivity index (χ1) is 16.7. The van der Waals surface area contributed by atoms with Gasteiger partial charge in [-0.05, 0) is 35.9 Å². The molecular weight excluding hydrogens is 494 g/mol. The molecule has 0 saturated heterocycles. The third-order valence-corrected chi connectivity index (χ3v) is 6.37. The van der Waals surface area contributed by atoms with Crippen LogP contribution in [0.2, 0.25) is 10.0 Å². The van der Waals surface area contributed by atoms with Gasteiger partial charge < -0.3 is 5.11 Å². The quantitative estimate of drug-likeness (QED) is 0.412. The zero-order chi connectivity index (χ0) is 24.9. The van der Waals surface area contributed by atoms with E-state index in [1.54, 1.807) is 19.2 Å². The summed E-state index contributed by atoms with van der Waals surface area (Å²) in [7, 11) is 1.61. The summed E-state index contributed by atoms with van der Waals surface area (Å²) >= 11 is 11.9. The summed E-state index contributed by atoms with van der Waals surface area (Å²) in [6.07, 6.45) is 4.21. The smallest absolute Gasteiger partial charge is 0.266 e. The van der Waals surface area contributed by atoms with Gasteiger partial charge in [-0.15, -0.1) is 0 Å². The summed E-state index contributed by atoms with van der Waals surface area (Å²) in [5.74, 6) is -2.47. The molecule has 2 amide bonds. The topological polar surface area (TPSA) is 88.3 Å². The molecule has 1 atom stereocenters. The molecule has 0 fully saturated rings. The molecular formula is C25H17Cl2FN4O3. The SMILES string of the molecule is Cn1cc(C(=O)N2C(=O)c3ccc(Cc4ccc(Cl)cn4)c(F)c3C2(O)c2ccc(Cl)cc2)cn1. The van der Waals surface area contributed by atoms with Gasteiger partial charge in [-0.2, -0.15) is 5.10 Å². The van der Waals surface area contributed by atoms with Crippen molar-refractivity contribution in [3.05, 3.63) is 116 Å². The normalized spacial score (nSPS) is 17.1. The number of benzene rings is 2. The van der Waals surface area contributed by atoms with Crippen LogP contribution in [0.25, 0.3) is 0 Å². The molecule has 35 heavy (non-hydrogen) atoms. The van der Waals surface area contributed by atoms with Crippen molar-refractivity contribution >= 4 is 35.0 Å². The van der Waals surface area contributed by atoms with Crippen LogP contribution in [0, 0.1) is 5.82 Å². The van der Waals surface area contributed by atoms with E-state index in [2.05, 4.69) is 10.1 Å². The van der Waals surface area contributed by atoms with Crippen LogP contribution in [-0.2, 0) is 19.2 Å². The molecule has 0 spiro atoms. The summed E-state index contributed by atoms with van der Waals surface area (Å²) in [4.78, 5) is 31.7. The van der Waals surface area contributed by atoms with Gasteiger partial charge in [-0.1, -0.05) is 41.4 Å². The molecule has 0 bridgehead atoms. The fraction of sp³-hybridized carbons (Fsp3) is 0.120. The second kappa shape index (κ2) is 8.57. The number of halogens is 3. The summed E-state index contributed by atoms with van der Waals surface area (Å²) < 4.78 is 17.5. The van der Waals surface area contributed by atoms with E-state index in [0.717, 1.165) is 0 Å². The Bertz CT molecular complexity index is 1470. The average molecular weight is 511 g/mol. The minimum atomic E-state index is -2.42. The fourth-order valence-electron chi connectivity index (χ4n) is 4.22. The largest absolute Gasteiger partial charge is 0.363 e. The van der Waals surface area contributed by atoms with Crippen molar-refractivity contribution in [2.75, 3.05) is 0 Å². The third-order valence-electron chi connectivity index (χ3n) is 5.89. The second-order valence-electron chi connectivity index (χ2n) is 8.13. The lowest BCUT2D eigenvalue weighted by Gasteiger charge is -2.33. The number of nitrogens with zero attached hydrogens (tertiary/aromatic N) is 4. The first kappa shape index (κ1) is 23.2. The number of carbonyl (C=O) groups excluding carboxylic acids is 2. The Labute approximate surface area is 209 Å². The maximum atomic E-state index is 16.1. The lowest BCUT2D eigenvalue weighted by atomic mass is 9.90. The molecule has 0 radical (unpaired) electrons. The van der Waals surface area contributed by atoms with Crippen LogP contribution in [0.5, 0.6) is 0 Å². The number of aliphatic hydroxyl groups is 1. The first-order valence-corrected chi connectivity index (χ1v) is 11.2. The van der Waals surface area contributed by atoms with E-state index < -0.39 is 23.4 Å². The zero-order valence-corrected chi connectivity index (χ0v) is 19.8. The van der Waals surface area contributed by atoms with Crippen LogP contribution in [0.3, 0.4) is 0 Å². The predicted molar refractivity (Wildman–Crippen MR) is 127 cm³/mol. The average Bonchev–Trinajstić information content (AvgIpc) is 3.37. The molecule has 4 aromatic rings. The number of pyridine rings is 1. The van der Waals surface area contributed by atoms with Gasteiger partial charge in [0.15, 0.2) is 0 Å². The summed E-state index contributed by atoms with van der Waals surface area (Å²) in [5, 5.41) is 16.8. The van der Waals surface area contributed by atoms with Gasteiger partial charge in [0.05, 0.1) is 27.9 Å². The van der Waals surface area contributed by atoms with Gasteiger partial charge in [0.25, 0.3) is 11.8 Å². The van der Waals surface area contributed by atoms with Gasteiger partial charge in [0.2, 0.25) is 5.72 Å². The van der Waals surface area contributed by atoms with Crippen LogP contribution in [0.4, 0.5) is 4.39 Å². The predicted octanol–water partition coefficient (Wildman–Crippen LogP) is 4.34. The number of hydrogen-bond donors (Lipinski definition) is 1. The number of fused-ring (bicyclic) bond motifs is 1. The van der Waals surface area contributed by atoms with E-state index in [4.69, 9.17) is 23.2 Å². The van der Waals surface area contributed by atoms with Gasteiger partial charge >= 0.3 is 0 Å². The van der Waals surface area contributed by atoms with E-state index in [9.17, 15) is 14.7 Å². The number of amides is 2. The standard InChI is InChI=1S/C25H17Cl2FN4O3/c1-31-13-15(11-30-31)23(33)32-24(34)20-9-2-14(10-19-8-7-18(27)12-29-19)22(28)21(20)25(32,35)16-3-5-17(26)6-4-16/h2-9,11-13,35H,10H2,1H3. The Morgan fingerprint density at radius 3 is 2.40 bits per heavy atom. The third kappa shape index (κ3) is 3.80. The van der Waals surface area contributed by atoms with E-state index in [1.165, 1.54) is 59.7 Å². The molecule has 3 heterocycles. The molecule has 0 aliphatic carbocycles. The van der Waals surface area contributed by atoms with Crippen molar-refractivity contribution in [1.29, 1.82) is 0 Å². The Kier molecular flexibility index (Phi) is 5.67. The summed E-state index contributed by atoms with van der Waals surface area (Å²) in [6, 6.07) is 12.0. The van der Waals surface area contributed by atoms with E-state index in [-0.39, 0.29) is 34.2 Å². The van der Waals surface area contributed by atoms with Crippen LogP contribution < -0.4 is 0 Å². The number of imide groups is 1. The maximum absolute atomic E-state index is 16.1. The lowest BCUT2D eigenvalue weighted by Crippen LogP contribution is -2.48.